The molecule has 2 rings (SSSR count). The van der Waals surface area contributed by atoms with E-state index in [2.05, 4.69) is 53.4 Å². The van der Waals surface area contributed by atoms with Crippen LogP contribution in [0.5, 0.6) is 0 Å². The Morgan fingerprint density at radius 1 is 1.47 bits per heavy atom. The van der Waals surface area contributed by atoms with Crippen LogP contribution in [-0.4, -0.2) is 28.0 Å². The number of hydrogen-bond acceptors (Lipinski definition) is 3. The van der Waals surface area contributed by atoms with E-state index in [1.807, 2.05) is 12.1 Å². The van der Waals surface area contributed by atoms with Crippen molar-refractivity contribution >= 4 is 34.3 Å². The third kappa shape index (κ3) is 2.30. The van der Waals surface area contributed by atoms with Gasteiger partial charge in [-0.1, -0.05) is 6.92 Å². The molecule has 1 aromatic rings. The highest BCUT2D eigenvalue weighted by Crippen LogP contribution is 2.32. The molecule has 5 heteroatoms. The number of halogens is 1. The Labute approximate surface area is 115 Å². The molecule has 0 N–H and O–H groups in total. The number of aromatic nitrogens is 1. The zero-order chi connectivity index (χ0) is 12.6. The standard InChI is InChI=1S/C12H16IN3O/c1-4-15-12(2,3)7-11(17)16(15)10-6-5-9(13)8-14-10/h5-6,8H,4,7H2,1-3H3. The highest BCUT2D eigenvalue weighted by Gasteiger charge is 2.43. The van der Waals surface area contributed by atoms with Crippen molar-refractivity contribution in [3.8, 4) is 0 Å². The van der Waals surface area contributed by atoms with Gasteiger partial charge in [0.05, 0.1) is 0 Å². The Bertz CT molecular complexity index is 430. The molecule has 1 fully saturated rings. The van der Waals surface area contributed by atoms with Crippen LogP contribution in [0.1, 0.15) is 27.2 Å². The molecule has 2 heterocycles. The number of amides is 1. The molecule has 1 saturated heterocycles. The lowest BCUT2D eigenvalue weighted by atomic mass is 10.0. The highest BCUT2D eigenvalue weighted by molar-refractivity contribution is 14.1. The zero-order valence-corrected chi connectivity index (χ0v) is 12.4. The van der Waals surface area contributed by atoms with Crippen LogP contribution in [0.15, 0.2) is 18.3 Å². The lowest BCUT2D eigenvalue weighted by Gasteiger charge is -2.34. The summed E-state index contributed by atoms with van der Waals surface area (Å²) in [6.45, 7) is 7.02. The second kappa shape index (κ2) is 4.53. The SMILES string of the molecule is CCN1N(c2ccc(I)cn2)C(=O)CC1(C)C. The third-order valence-electron chi connectivity index (χ3n) is 2.99. The van der Waals surface area contributed by atoms with Gasteiger partial charge in [-0.25, -0.2) is 15.0 Å². The number of hydrogen-bond donors (Lipinski definition) is 0. The average molecular weight is 345 g/mol. The summed E-state index contributed by atoms with van der Waals surface area (Å²) in [7, 11) is 0. The molecule has 4 nitrogen and oxygen atoms in total. The van der Waals surface area contributed by atoms with Crippen molar-refractivity contribution in [2.45, 2.75) is 32.7 Å². The van der Waals surface area contributed by atoms with E-state index in [9.17, 15) is 4.79 Å². The smallest absolute Gasteiger partial charge is 0.244 e. The van der Waals surface area contributed by atoms with Gasteiger partial charge in [0.25, 0.3) is 0 Å². The monoisotopic (exact) mass is 345 g/mol. The molecule has 0 atom stereocenters. The molecule has 92 valence electrons. The molecule has 17 heavy (non-hydrogen) atoms. The minimum Gasteiger partial charge on any atom is -0.273 e. The summed E-state index contributed by atoms with van der Waals surface area (Å²) in [5, 5.41) is 3.78. The van der Waals surface area contributed by atoms with Crippen molar-refractivity contribution in [3.05, 3.63) is 21.9 Å². The molecule has 1 aliphatic rings. The van der Waals surface area contributed by atoms with Gasteiger partial charge in [-0.05, 0) is 48.6 Å². The molecule has 0 aromatic carbocycles. The molecule has 1 aromatic heterocycles. The van der Waals surface area contributed by atoms with E-state index in [0.29, 0.717) is 12.2 Å². The Morgan fingerprint density at radius 2 is 2.18 bits per heavy atom. The number of hydrazine groups is 1. The molecule has 1 amide bonds. The normalized spacial score (nSPS) is 20.0. The van der Waals surface area contributed by atoms with Crippen molar-refractivity contribution < 1.29 is 4.79 Å². The summed E-state index contributed by atoms with van der Waals surface area (Å²) >= 11 is 2.21. The molecule has 0 radical (unpaired) electrons. The molecule has 1 aliphatic heterocycles. The predicted molar refractivity (Wildman–Crippen MR) is 75.5 cm³/mol. The van der Waals surface area contributed by atoms with Gasteiger partial charge in [0.1, 0.15) is 5.82 Å². The van der Waals surface area contributed by atoms with E-state index < -0.39 is 0 Å². The first-order valence-corrected chi connectivity index (χ1v) is 6.75. The number of nitrogens with zero attached hydrogens (tertiary/aromatic N) is 3. The van der Waals surface area contributed by atoms with Crippen molar-refractivity contribution in [1.82, 2.24) is 9.99 Å². The lowest BCUT2D eigenvalue weighted by molar-refractivity contribution is -0.118. The number of rotatable bonds is 2. The summed E-state index contributed by atoms with van der Waals surface area (Å²) in [6.07, 6.45) is 2.32. The van der Waals surface area contributed by atoms with Crippen LogP contribution in [0.3, 0.4) is 0 Å². The number of pyridine rings is 1. The summed E-state index contributed by atoms with van der Waals surface area (Å²) in [6, 6.07) is 3.86. The van der Waals surface area contributed by atoms with Crippen molar-refractivity contribution in [2.24, 2.45) is 0 Å². The summed E-state index contributed by atoms with van der Waals surface area (Å²) in [5.41, 5.74) is -0.128. The molecule has 0 bridgehead atoms. The Hall–Kier alpha value is -0.690. The summed E-state index contributed by atoms with van der Waals surface area (Å²) in [5.74, 6) is 0.827. The third-order valence-corrected chi connectivity index (χ3v) is 3.63. The Kier molecular flexibility index (Phi) is 3.40. The number of carbonyl (C=O) groups is 1. The molecule has 0 spiro atoms. The van der Waals surface area contributed by atoms with Crippen LogP contribution in [0.2, 0.25) is 0 Å². The lowest BCUT2D eigenvalue weighted by Crippen LogP contribution is -2.47. The van der Waals surface area contributed by atoms with Gasteiger partial charge < -0.3 is 0 Å². The van der Waals surface area contributed by atoms with Gasteiger partial charge in [0.2, 0.25) is 5.91 Å². The van der Waals surface area contributed by atoms with Gasteiger partial charge in [-0.15, -0.1) is 0 Å². The summed E-state index contributed by atoms with van der Waals surface area (Å²) < 4.78 is 1.07. The maximum Gasteiger partial charge on any atom is 0.244 e. The van der Waals surface area contributed by atoms with Gasteiger partial charge in [0, 0.05) is 28.3 Å². The van der Waals surface area contributed by atoms with E-state index in [-0.39, 0.29) is 11.4 Å². The fraction of sp³-hybridized carbons (Fsp3) is 0.500. The van der Waals surface area contributed by atoms with Gasteiger partial charge in [0.15, 0.2) is 0 Å². The van der Waals surface area contributed by atoms with E-state index in [0.717, 1.165) is 10.1 Å². The van der Waals surface area contributed by atoms with Crippen LogP contribution in [-0.2, 0) is 4.79 Å². The minimum atomic E-state index is -0.128. The van der Waals surface area contributed by atoms with E-state index >= 15 is 0 Å². The van der Waals surface area contributed by atoms with Crippen molar-refractivity contribution in [2.75, 3.05) is 11.6 Å². The molecule has 0 aliphatic carbocycles. The van der Waals surface area contributed by atoms with E-state index in [4.69, 9.17) is 0 Å². The maximum atomic E-state index is 12.1. The average Bonchev–Trinajstić information content (AvgIpc) is 2.48. The quantitative estimate of drug-likeness (QED) is 0.773. The topological polar surface area (TPSA) is 36.4 Å². The van der Waals surface area contributed by atoms with E-state index in [1.54, 1.807) is 11.2 Å². The molecule has 0 unspecified atom stereocenters. The van der Waals surface area contributed by atoms with Gasteiger partial charge in [-0.3, -0.25) is 4.79 Å². The first kappa shape index (κ1) is 12.8. The van der Waals surface area contributed by atoms with Crippen molar-refractivity contribution in [3.63, 3.8) is 0 Å². The van der Waals surface area contributed by atoms with Crippen LogP contribution in [0.25, 0.3) is 0 Å². The number of carbonyl (C=O) groups excluding carboxylic acids is 1. The Balaban J connectivity index is 2.37. The molecular weight excluding hydrogens is 329 g/mol. The fourth-order valence-corrected chi connectivity index (χ4v) is 2.57. The van der Waals surface area contributed by atoms with Crippen LogP contribution in [0, 0.1) is 3.57 Å². The van der Waals surface area contributed by atoms with E-state index in [1.165, 1.54) is 0 Å². The first-order valence-electron chi connectivity index (χ1n) is 5.68. The van der Waals surface area contributed by atoms with Crippen LogP contribution >= 0.6 is 22.6 Å². The predicted octanol–water partition coefficient (Wildman–Crippen LogP) is 2.44. The summed E-state index contributed by atoms with van der Waals surface area (Å²) in [4.78, 5) is 16.4. The first-order chi connectivity index (χ1) is 7.95. The van der Waals surface area contributed by atoms with Gasteiger partial charge in [-0.2, -0.15) is 0 Å². The Morgan fingerprint density at radius 3 is 2.71 bits per heavy atom. The van der Waals surface area contributed by atoms with Gasteiger partial charge >= 0.3 is 0 Å². The second-order valence-corrected chi connectivity index (χ2v) is 5.99. The largest absolute Gasteiger partial charge is 0.273 e. The highest BCUT2D eigenvalue weighted by atomic mass is 127. The molecular formula is C12H16IN3O. The maximum absolute atomic E-state index is 12.1. The van der Waals surface area contributed by atoms with Crippen molar-refractivity contribution in [1.29, 1.82) is 0 Å². The van der Waals surface area contributed by atoms with Crippen LogP contribution < -0.4 is 5.01 Å². The zero-order valence-electron chi connectivity index (χ0n) is 10.3. The fourth-order valence-electron chi connectivity index (χ4n) is 2.26. The minimum absolute atomic E-state index is 0.116. The van der Waals surface area contributed by atoms with Crippen LogP contribution in [0.4, 0.5) is 5.82 Å². The molecule has 0 saturated carbocycles. The number of anilines is 1. The second-order valence-electron chi connectivity index (χ2n) is 4.75.